The lowest BCUT2D eigenvalue weighted by molar-refractivity contribution is -0.116. The largest absolute Gasteiger partial charge is 0.421 e. The number of aryl methyl sites for hydroxylation is 1. The van der Waals surface area contributed by atoms with Gasteiger partial charge in [0, 0.05) is 36.5 Å². The van der Waals surface area contributed by atoms with Crippen molar-refractivity contribution in [3.05, 3.63) is 60.5 Å². The van der Waals surface area contributed by atoms with Gasteiger partial charge in [-0.2, -0.15) is 0 Å². The second-order valence-electron chi connectivity index (χ2n) is 4.79. The first kappa shape index (κ1) is 14.8. The molecular formula is C16H13FN4O2. The van der Waals surface area contributed by atoms with Crippen molar-refractivity contribution >= 4 is 11.6 Å². The Kier molecular flexibility index (Phi) is 4.37. The summed E-state index contributed by atoms with van der Waals surface area (Å²) < 4.78 is 18.3. The number of carbonyl (C=O) groups is 1. The monoisotopic (exact) mass is 312 g/mol. The van der Waals surface area contributed by atoms with Gasteiger partial charge in [-0.25, -0.2) is 4.39 Å². The number of nitrogens with zero attached hydrogens (tertiary/aromatic N) is 3. The van der Waals surface area contributed by atoms with Crippen LogP contribution in [0.3, 0.4) is 0 Å². The van der Waals surface area contributed by atoms with E-state index in [9.17, 15) is 9.18 Å². The normalized spacial score (nSPS) is 10.5. The van der Waals surface area contributed by atoms with Gasteiger partial charge in [0.25, 0.3) is 0 Å². The summed E-state index contributed by atoms with van der Waals surface area (Å²) in [6.07, 6.45) is 3.78. The first-order valence-electron chi connectivity index (χ1n) is 6.99. The van der Waals surface area contributed by atoms with Crippen molar-refractivity contribution in [2.24, 2.45) is 0 Å². The summed E-state index contributed by atoms with van der Waals surface area (Å²) in [4.78, 5) is 15.8. The lowest BCUT2D eigenvalue weighted by Gasteiger charge is -2.03. The molecule has 0 aliphatic heterocycles. The number of carbonyl (C=O) groups excluding carboxylic acids is 1. The molecule has 0 bridgehead atoms. The fourth-order valence-corrected chi connectivity index (χ4v) is 1.94. The van der Waals surface area contributed by atoms with Crippen LogP contribution >= 0.6 is 0 Å². The molecule has 0 saturated carbocycles. The Hall–Kier alpha value is -3.09. The molecule has 1 amide bonds. The molecule has 23 heavy (non-hydrogen) atoms. The zero-order chi connectivity index (χ0) is 16.1. The molecule has 2 aromatic heterocycles. The molecule has 1 aromatic carbocycles. The van der Waals surface area contributed by atoms with Crippen LogP contribution in [0.5, 0.6) is 0 Å². The molecule has 0 aliphatic rings. The third-order valence-corrected chi connectivity index (χ3v) is 3.09. The van der Waals surface area contributed by atoms with Crippen molar-refractivity contribution in [2.45, 2.75) is 12.8 Å². The number of anilines is 1. The molecule has 0 fully saturated rings. The van der Waals surface area contributed by atoms with E-state index in [4.69, 9.17) is 4.42 Å². The van der Waals surface area contributed by atoms with Gasteiger partial charge in [0.2, 0.25) is 17.7 Å². The molecule has 3 aromatic rings. The standard InChI is InChI=1S/C16H13FN4O2/c17-12-1-3-13(4-2-12)19-14(22)5-6-15-20-21-16(23-15)11-7-9-18-10-8-11/h1-4,7-10H,5-6H2,(H,19,22). The number of pyridine rings is 1. The van der Waals surface area contributed by atoms with Gasteiger partial charge in [-0.1, -0.05) is 0 Å². The van der Waals surface area contributed by atoms with Gasteiger partial charge in [-0.3, -0.25) is 9.78 Å². The van der Waals surface area contributed by atoms with Crippen LogP contribution in [-0.2, 0) is 11.2 Å². The van der Waals surface area contributed by atoms with Crippen LogP contribution in [0.15, 0.2) is 53.2 Å². The maximum atomic E-state index is 12.8. The Balaban J connectivity index is 1.55. The minimum atomic E-state index is -0.350. The van der Waals surface area contributed by atoms with Crippen molar-refractivity contribution in [1.82, 2.24) is 15.2 Å². The van der Waals surface area contributed by atoms with Crippen LogP contribution in [0, 0.1) is 5.82 Å². The Morgan fingerprint density at radius 1 is 1.09 bits per heavy atom. The van der Waals surface area contributed by atoms with Crippen molar-refractivity contribution < 1.29 is 13.6 Å². The lowest BCUT2D eigenvalue weighted by Crippen LogP contribution is -2.12. The lowest BCUT2D eigenvalue weighted by atomic mass is 10.2. The van der Waals surface area contributed by atoms with Crippen molar-refractivity contribution in [2.75, 3.05) is 5.32 Å². The van der Waals surface area contributed by atoms with Gasteiger partial charge >= 0.3 is 0 Å². The van der Waals surface area contributed by atoms with Crippen LogP contribution in [0.2, 0.25) is 0 Å². The first-order valence-corrected chi connectivity index (χ1v) is 6.99. The van der Waals surface area contributed by atoms with E-state index in [0.29, 0.717) is 23.9 Å². The Bertz CT molecular complexity index is 787. The number of nitrogens with one attached hydrogen (secondary N) is 1. The predicted octanol–water partition coefficient (Wildman–Crippen LogP) is 2.84. The third kappa shape index (κ3) is 3.97. The molecular weight excluding hydrogens is 299 g/mol. The van der Waals surface area contributed by atoms with E-state index in [1.807, 2.05) is 0 Å². The number of benzene rings is 1. The summed E-state index contributed by atoms with van der Waals surface area (Å²) in [5.74, 6) is 0.213. The second-order valence-corrected chi connectivity index (χ2v) is 4.79. The van der Waals surface area contributed by atoms with Crippen LogP contribution in [0.1, 0.15) is 12.3 Å². The van der Waals surface area contributed by atoms with E-state index in [0.717, 1.165) is 5.56 Å². The molecule has 1 N–H and O–H groups in total. The van der Waals surface area contributed by atoms with Crippen LogP contribution in [0.25, 0.3) is 11.5 Å². The molecule has 0 radical (unpaired) electrons. The smallest absolute Gasteiger partial charge is 0.247 e. The fourth-order valence-electron chi connectivity index (χ4n) is 1.94. The number of hydrogen-bond acceptors (Lipinski definition) is 5. The van der Waals surface area contributed by atoms with E-state index in [-0.39, 0.29) is 18.1 Å². The zero-order valence-electron chi connectivity index (χ0n) is 12.1. The van der Waals surface area contributed by atoms with Crippen LogP contribution < -0.4 is 5.32 Å². The van der Waals surface area contributed by atoms with Gasteiger partial charge in [0.15, 0.2) is 0 Å². The molecule has 2 heterocycles. The molecule has 3 rings (SSSR count). The van der Waals surface area contributed by atoms with E-state index < -0.39 is 0 Å². The van der Waals surface area contributed by atoms with E-state index in [2.05, 4.69) is 20.5 Å². The molecule has 6 nitrogen and oxygen atoms in total. The number of hydrogen-bond donors (Lipinski definition) is 1. The van der Waals surface area contributed by atoms with Gasteiger partial charge < -0.3 is 9.73 Å². The highest BCUT2D eigenvalue weighted by molar-refractivity contribution is 5.90. The molecule has 116 valence electrons. The summed E-state index contributed by atoms with van der Waals surface area (Å²) in [6, 6.07) is 9.10. The highest BCUT2D eigenvalue weighted by atomic mass is 19.1. The van der Waals surface area contributed by atoms with Crippen LogP contribution in [-0.4, -0.2) is 21.1 Å². The first-order chi connectivity index (χ1) is 11.2. The second kappa shape index (κ2) is 6.78. The number of aromatic nitrogens is 3. The minimum Gasteiger partial charge on any atom is -0.421 e. The number of halogens is 1. The molecule has 0 aliphatic carbocycles. The highest BCUT2D eigenvalue weighted by Crippen LogP contribution is 2.17. The fraction of sp³-hybridized carbons (Fsp3) is 0.125. The van der Waals surface area contributed by atoms with E-state index in [1.54, 1.807) is 24.5 Å². The molecule has 0 spiro atoms. The average Bonchev–Trinajstić information content (AvgIpc) is 3.05. The van der Waals surface area contributed by atoms with E-state index >= 15 is 0 Å². The minimum absolute atomic E-state index is 0.190. The zero-order valence-corrected chi connectivity index (χ0v) is 12.1. The van der Waals surface area contributed by atoms with Gasteiger partial charge in [0.05, 0.1) is 0 Å². The van der Waals surface area contributed by atoms with Gasteiger partial charge in [-0.15, -0.1) is 10.2 Å². The number of rotatable bonds is 5. The Labute approximate surface area is 131 Å². The quantitative estimate of drug-likeness (QED) is 0.783. The summed E-state index contributed by atoms with van der Waals surface area (Å²) in [6.45, 7) is 0. The highest BCUT2D eigenvalue weighted by Gasteiger charge is 2.10. The molecule has 0 saturated heterocycles. The van der Waals surface area contributed by atoms with E-state index in [1.165, 1.54) is 24.3 Å². The van der Waals surface area contributed by atoms with Crippen LogP contribution in [0.4, 0.5) is 10.1 Å². The maximum absolute atomic E-state index is 12.8. The predicted molar refractivity (Wildman–Crippen MR) is 80.9 cm³/mol. The molecule has 0 atom stereocenters. The summed E-state index contributed by atoms with van der Waals surface area (Å²) in [5, 5.41) is 10.5. The van der Waals surface area contributed by atoms with Gasteiger partial charge in [0.1, 0.15) is 5.82 Å². The number of amides is 1. The Morgan fingerprint density at radius 2 is 1.83 bits per heavy atom. The van der Waals surface area contributed by atoms with Crippen molar-refractivity contribution in [3.8, 4) is 11.5 Å². The van der Waals surface area contributed by atoms with Gasteiger partial charge in [-0.05, 0) is 36.4 Å². The Morgan fingerprint density at radius 3 is 2.57 bits per heavy atom. The molecule has 7 heteroatoms. The van der Waals surface area contributed by atoms with Crippen molar-refractivity contribution in [3.63, 3.8) is 0 Å². The molecule has 0 unspecified atom stereocenters. The average molecular weight is 312 g/mol. The summed E-state index contributed by atoms with van der Waals surface area (Å²) in [5.41, 5.74) is 1.31. The third-order valence-electron chi connectivity index (χ3n) is 3.09. The SMILES string of the molecule is O=C(CCc1nnc(-c2ccncc2)o1)Nc1ccc(F)cc1. The summed E-state index contributed by atoms with van der Waals surface area (Å²) >= 11 is 0. The van der Waals surface area contributed by atoms with Crippen molar-refractivity contribution in [1.29, 1.82) is 0 Å². The maximum Gasteiger partial charge on any atom is 0.247 e. The topological polar surface area (TPSA) is 80.9 Å². The summed E-state index contributed by atoms with van der Waals surface area (Å²) in [7, 11) is 0.